The smallest absolute Gasteiger partial charge is 0.254 e. The quantitative estimate of drug-likeness (QED) is 0.679. The molecule has 1 aromatic heterocycles. The monoisotopic (exact) mass is 431 g/mol. The molecular weight excluding hydrogens is 394 g/mol. The van der Waals surface area contributed by atoms with Crippen LogP contribution in [0.2, 0.25) is 0 Å². The van der Waals surface area contributed by atoms with Crippen molar-refractivity contribution < 1.29 is 14.3 Å². The zero-order valence-corrected chi connectivity index (χ0v) is 19.0. The summed E-state index contributed by atoms with van der Waals surface area (Å²) in [6.07, 6.45) is 7.93. The van der Waals surface area contributed by atoms with Crippen LogP contribution in [0.15, 0.2) is 6.20 Å². The Balaban J connectivity index is 1.32. The van der Waals surface area contributed by atoms with Gasteiger partial charge in [0, 0.05) is 69.6 Å². The summed E-state index contributed by atoms with van der Waals surface area (Å²) in [5.41, 5.74) is 1.57. The largest absolute Gasteiger partial charge is 0.381 e. The van der Waals surface area contributed by atoms with Gasteiger partial charge < -0.3 is 15.0 Å². The molecule has 172 valence electrons. The molecule has 1 aliphatic carbocycles. The van der Waals surface area contributed by atoms with Crippen LogP contribution < -0.4 is 5.32 Å². The number of hydrogen-bond donors (Lipinski definition) is 1. The highest BCUT2D eigenvalue weighted by Crippen LogP contribution is 2.32. The minimum absolute atomic E-state index is 0.0472. The van der Waals surface area contributed by atoms with Crippen LogP contribution in [0.4, 0.5) is 0 Å². The molecule has 0 atom stereocenters. The minimum atomic E-state index is -0.0472. The van der Waals surface area contributed by atoms with Crippen molar-refractivity contribution in [1.82, 2.24) is 24.9 Å². The third kappa shape index (κ3) is 5.29. The molecule has 3 heterocycles. The number of piperidine rings is 1. The molecule has 2 saturated heterocycles. The Morgan fingerprint density at radius 3 is 2.42 bits per heavy atom. The summed E-state index contributed by atoms with van der Waals surface area (Å²) < 4.78 is 7.43. The van der Waals surface area contributed by atoms with Crippen LogP contribution >= 0.6 is 0 Å². The molecule has 0 aromatic carbocycles. The van der Waals surface area contributed by atoms with Gasteiger partial charge in [-0.3, -0.25) is 19.2 Å². The van der Waals surface area contributed by atoms with Gasteiger partial charge >= 0.3 is 0 Å². The lowest BCUT2D eigenvalue weighted by molar-refractivity contribution is -0.134. The van der Waals surface area contributed by atoms with E-state index in [0.29, 0.717) is 36.0 Å². The van der Waals surface area contributed by atoms with E-state index in [9.17, 15) is 9.59 Å². The predicted octanol–water partition coefficient (Wildman–Crippen LogP) is 1.82. The van der Waals surface area contributed by atoms with Crippen LogP contribution in [0.3, 0.4) is 0 Å². The number of carbonyl (C=O) groups excluding carboxylic acids is 2. The lowest BCUT2D eigenvalue weighted by atomic mass is 9.97. The summed E-state index contributed by atoms with van der Waals surface area (Å²) in [6, 6.07) is 0.957. The number of carbonyl (C=O) groups is 2. The van der Waals surface area contributed by atoms with E-state index in [0.717, 1.165) is 83.6 Å². The molecule has 3 aliphatic rings. The highest BCUT2D eigenvalue weighted by atomic mass is 16.5. The van der Waals surface area contributed by atoms with Crippen molar-refractivity contribution in [2.24, 2.45) is 5.92 Å². The van der Waals surface area contributed by atoms with Gasteiger partial charge in [-0.15, -0.1) is 0 Å². The van der Waals surface area contributed by atoms with E-state index < -0.39 is 0 Å². The second kappa shape index (κ2) is 10.1. The lowest BCUT2D eigenvalue weighted by Gasteiger charge is -2.43. The van der Waals surface area contributed by atoms with E-state index in [4.69, 9.17) is 4.74 Å². The summed E-state index contributed by atoms with van der Waals surface area (Å²) in [6.45, 7) is 9.52. The molecule has 0 radical (unpaired) electrons. The van der Waals surface area contributed by atoms with E-state index in [2.05, 4.69) is 20.2 Å². The fourth-order valence-corrected chi connectivity index (χ4v) is 5.07. The molecule has 0 spiro atoms. The Labute approximate surface area is 185 Å². The first-order valence-electron chi connectivity index (χ1n) is 12.0. The standard InChI is InChI=1S/C23H37N5O3/c1-3-28-17(2)21(16-25-28)22(29)24-10-13-27(20-8-14-31-15-9-20)19-6-11-26(12-7-19)23(30)18-4-5-18/h16,18-20H,3-15H2,1-2H3,(H,24,29). The Hall–Kier alpha value is -1.93. The number of hydrogen-bond acceptors (Lipinski definition) is 5. The van der Waals surface area contributed by atoms with Gasteiger partial charge in [0.2, 0.25) is 5.91 Å². The zero-order chi connectivity index (χ0) is 21.8. The van der Waals surface area contributed by atoms with Gasteiger partial charge in [0.15, 0.2) is 0 Å². The third-order valence-electron chi connectivity index (χ3n) is 7.13. The van der Waals surface area contributed by atoms with Crippen molar-refractivity contribution in [3.63, 3.8) is 0 Å². The van der Waals surface area contributed by atoms with Crippen molar-refractivity contribution in [1.29, 1.82) is 0 Å². The highest BCUT2D eigenvalue weighted by Gasteiger charge is 2.37. The summed E-state index contributed by atoms with van der Waals surface area (Å²) in [5, 5.41) is 7.39. The first-order valence-corrected chi connectivity index (χ1v) is 12.0. The highest BCUT2D eigenvalue weighted by molar-refractivity contribution is 5.95. The first-order chi connectivity index (χ1) is 15.1. The number of amides is 2. The molecule has 0 bridgehead atoms. The normalized spacial score (nSPS) is 20.9. The summed E-state index contributed by atoms with van der Waals surface area (Å²) in [7, 11) is 0. The van der Waals surface area contributed by atoms with Gasteiger partial charge in [-0.25, -0.2) is 0 Å². The molecule has 4 rings (SSSR count). The Morgan fingerprint density at radius 2 is 1.81 bits per heavy atom. The summed E-state index contributed by atoms with van der Waals surface area (Å²) in [4.78, 5) is 29.7. The minimum Gasteiger partial charge on any atom is -0.381 e. The van der Waals surface area contributed by atoms with Gasteiger partial charge in [0.25, 0.3) is 5.91 Å². The maximum Gasteiger partial charge on any atom is 0.254 e. The van der Waals surface area contributed by atoms with E-state index in [-0.39, 0.29) is 5.91 Å². The van der Waals surface area contributed by atoms with Gasteiger partial charge in [-0.05, 0) is 52.4 Å². The predicted molar refractivity (Wildman–Crippen MR) is 118 cm³/mol. The number of likely N-dealkylation sites (tertiary alicyclic amines) is 1. The number of aromatic nitrogens is 2. The van der Waals surface area contributed by atoms with Crippen molar-refractivity contribution >= 4 is 11.8 Å². The molecule has 8 nitrogen and oxygen atoms in total. The van der Waals surface area contributed by atoms with Crippen LogP contribution in [0.1, 0.15) is 61.5 Å². The van der Waals surface area contributed by atoms with Gasteiger partial charge in [-0.1, -0.05) is 0 Å². The molecule has 1 N–H and O–H groups in total. The number of ether oxygens (including phenoxy) is 1. The van der Waals surface area contributed by atoms with Crippen LogP contribution in [0, 0.1) is 12.8 Å². The average Bonchev–Trinajstić information content (AvgIpc) is 3.59. The van der Waals surface area contributed by atoms with Crippen molar-refractivity contribution in [2.75, 3.05) is 39.4 Å². The number of nitrogens with one attached hydrogen (secondary N) is 1. The van der Waals surface area contributed by atoms with Crippen molar-refractivity contribution in [3.05, 3.63) is 17.5 Å². The van der Waals surface area contributed by atoms with Crippen LogP contribution in [-0.4, -0.2) is 82.9 Å². The Kier molecular flexibility index (Phi) is 7.27. The summed E-state index contributed by atoms with van der Waals surface area (Å²) in [5.74, 6) is 0.624. The molecule has 2 amide bonds. The Bertz CT molecular complexity index is 761. The second-order valence-corrected chi connectivity index (χ2v) is 9.13. The van der Waals surface area contributed by atoms with Gasteiger partial charge in [-0.2, -0.15) is 5.10 Å². The van der Waals surface area contributed by atoms with E-state index >= 15 is 0 Å². The number of rotatable bonds is 8. The van der Waals surface area contributed by atoms with E-state index in [1.165, 1.54) is 0 Å². The van der Waals surface area contributed by atoms with Gasteiger partial charge in [0.05, 0.1) is 11.8 Å². The molecular formula is C23H37N5O3. The number of nitrogens with zero attached hydrogens (tertiary/aromatic N) is 4. The van der Waals surface area contributed by atoms with Crippen LogP contribution in [-0.2, 0) is 16.1 Å². The molecule has 2 aliphatic heterocycles. The second-order valence-electron chi connectivity index (χ2n) is 9.13. The van der Waals surface area contributed by atoms with Crippen molar-refractivity contribution in [3.8, 4) is 0 Å². The van der Waals surface area contributed by atoms with Crippen molar-refractivity contribution in [2.45, 2.75) is 71.0 Å². The molecule has 8 heteroatoms. The van der Waals surface area contributed by atoms with Crippen LogP contribution in [0.25, 0.3) is 0 Å². The zero-order valence-electron chi connectivity index (χ0n) is 19.0. The molecule has 1 saturated carbocycles. The topological polar surface area (TPSA) is 79.7 Å². The third-order valence-corrected chi connectivity index (χ3v) is 7.13. The SMILES string of the molecule is CCn1ncc(C(=O)NCCN(C2CCOCC2)C2CCN(C(=O)C3CC3)CC2)c1C. The molecule has 1 aromatic rings. The average molecular weight is 432 g/mol. The summed E-state index contributed by atoms with van der Waals surface area (Å²) >= 11 is 0. The van der Waals surface area contributed by atoms with Crippen LogP contribution in [0.5, 0.6) is 0 Å². The molecule has 0 unspecified atom stereocenters. The maximum absolute atomic E-state index is 12.7. The fraction of sp³-hybridized carbons (Fsp3) is 0.783. The van der Waals surface area contributed by atoms with E-state index in [1.807, 2.05) is 18.5 Å². The molecule has 31 heavy (non-hydrogen) atoms. The first kappa shape index (κ1) is 22.3. The fourth-order valence-electron chi connectivity index (χ4n) is 5.07. The van der Waals surface area contributed by atoms with E-state index in [1.54, 1.807) is 6.20 Å². The lowest BCUT2D eigenvalue weighted by Crippen LogP contribution is -2.53. The molecule has 3 fully saturated rings. The Morgan fingerprint density at radius 1 is 1.13 bits per heavy atom. The number of aryl methyl sites for hydroxylation is 1. The maximum atomic E-state index is 12.7. The van der Waals surface area contributed by atoms with Gasteiger partial charge in [0.1, 0.15) is 0 Å².